The Balaban J connectivity index is 1.73. The normalized spacial score (nSPS) is 27.2. The fourth-order valence-electron chi connectivity index (χ4n) is 3.99. The van der Waals surface area contributed by atoms with E-state index in [9.17, 15) is 13.5 Å². The van der Waals surface area contributed by atoms with Crippen LogP contribution in [-0.2, 0) is 10.3 Å². The molecule has 2 aliphatic rings. The number of nitrogens with two attached hydrogens (primary N) is 1. The quantitative estimate of drug-likeness (QED) is 0.635. The molecule has 0 aliphatic carbocycles. The fraction of sp³-hybridized carbons (Fsp3) is 0.318. The van der Waals surface area contributed by atoms with Gasteiger partial charge in [0.2, 0.25) is 0 Å². The van der Waals surface area contributed by atoms with Crippen LogP contribution in [-0.4, -0.2) is 43.1 Å². The van der Waals surface area contributed by atoms with Crippen molar-refractivity contribution in [1.82, 2.24) is 4.98 Å². The first-order chi connectivity index (χ1) is 15.0. The summed E-state index contributed by atoms with van der Waals surface area (Å²) in [6.45, 7) is 3.13. The molecule has 1 aromatic heterocycles. The van der Waals surface area contributed by atoms with E-state index in [1.165, 1.54) is 30.5 Å². The summed E-state index contributed by atoms with van der Waals surface area (Å²) in [6.07, 6.45) is 2.37. The first-order valence-corrected chi connectivity index (χ1v) is 11.4. The second-order valence-corrected chi connectivity index (χ2v) is 11.1. The minimum absolute atomic E-state index is 0.00261. The van der Waals surface area contributed by atoms with Crippen LogP contribution in [0, 0.1) is 17.1 Å². The Hall–Kier alpha value is -2.84. The largest absolute Gasteiger partial charge is 0.386 e. The molecule has 32 heavy (non-hydrogen) atoms. The van der Waals surface area contributed by atoms with Gasteiger partial charge in [-0.05, 0) is 43.7 Å². The van der Waals surface area contributed by atoms with Gasteiger partial charge in [-0.15, -0.1) is 0 Å². The van der Waals surface area contributed by atoms with Crippen molar-refractivity contribution in [1.29, 1.82) is 5.26 Å². The van der Waals surface area contributed by atoms with E-state index in [2.05, 4.69) is 9.98 Å². The van der Waals surface area contributed by atoms with Crippen LogP contribution in [0.1, 0.15) is 36.2 Å². The number of fused-ring (bicyclic) bond motifs is 1. The third-order valence-electron chi connectivity index (χ3n) is 6.10. The van der Waals surface area contributed by atoms with E-state index in [1.54, 1.807) is 13.8 Å². The minimum atomic E-state index is -3.33. The van der Waals surface area contributed by atoms with Crippen molar-refractivity contribution in [2.24, 2.45) is 10.7 Å². The molecule has 0 spiro atoms. The predicted octanol–water partition coefficient (Wildman–Crippen LogP) is 4.05. The van der Waals surface area contributed by atoms with Crippen molar-refractivity contribution in [2.45, 2.75) is 29.4 Å². The van der Waals surface area contributed by atoms with E-state index >= 15 is 4.39 Å². The molecule has 4 N–H and O–H groups in total. The van der Waals surface area contributed by atoms with Gasteiger partial charge in [-0.25, -0.2) is 8.78 Å². The molecule has 2 atom stereocenters. The van der Waals surface area contributed by atoms with Gasteiger partial charge >= 0.3 is 0 Å². The van der Waals surface area contributed by atoms with Gasteiger partial charge in [-0.3, -0.25) is 19.1 Å². The fourth-order valence-corrected chi connectivity index (χ4v) is 6.13. The number of aliphatic imine (C=N–C) groups is 1. The van der Waals surface area contributed by atoms with Crippen LogP contribution >= 0.6 is 10.6 Å². The molecule has 3 heterocycles. The highest BCUT2D eigenvalue weighted by atomic mass is 32.3. The van der Waals surface area contributed by atoms with Crippen molar-refractivity contribution < 1.29 is 22.6 Å². The maximum atomic E-state index is 15.3. The summed E-state index contributed by atoms with van der Waals surface area (Å²) >= 11 is 0. The summed E-state index contributed by atoms with van der Waals surface area (Å²) in [4.78, 5) is 8.39. The zero-order chi connectivity index (χ0) is 23.3. The summed E-state index contributed by atoms with van der Waals surface area (Å²) in [7, 11) is -3.33. The lowest BCUT2D eigenvalue weighted by Crippen LogP contribution is -2.57. The molecule has 10 heteroatoms. The number of hydrogen-bond donors (Lipinski definition) is 3. The second kappa shape index (κ2) is 7.64. The standard InChI is InChI=1S/C22H22F2N4O3S/c1-21(2)20(26)28-22(12-31-11-19(22)32(21,29)30)15-5-3-13(7-16(15)23)8-17(24)18-6-4-14(9-25)10-27-18/h3-8,10,19,29-30H,11-12H2,1-2H3,(H2,26,28)/b17-8-/t19-,22-/m1/s1. The first-order valence-electron chi connectivity index (χ1n) is 9.77. The van der Waals surface area contributed by atoms with Gasteiger partial charge in [0.05, 0.1) is 24.5 Å². The molecule has 0 unspecified atom stereocenters. The molecule has 0 amide bonds. The lowest BCUT2D eigenvalue weighted by atomic mass is 9.87. The maximum absolute atomic E-state index is 15.3. The number of rotatable bonds is 3. The van der Waals surface area contributed by atoms with E-state index in [0.29, 0.717) is 5.56 Å². The van der Waals surface area contributed by atoms with Gasteiger partial charge in [-0.1, -0.05) is 12.1 Å². The van der Waals surface area contributed by atoms with E-state index < -0.39 is 37.8 Å². The lowest BCUT2D eigenvalue weighted by molar-refractivity contribution is 0.178. The predicted molar refractivity (Wildman–Crippen MR) is 119 cm³/mol. The molecule has 0 bridgehead atoms. The zero-order valence-corrected chi connectivity index (χ0v) is 18.2. The maximum Gasteiger partial charge on any atom is 0.149 e. The van der Waals surface area contributed by atoms with Gasteiger partial charge in [0.25, 0.3) is 0 Å². The molecule has 2 aliphatic heterocycles. The average Bonchev–Trinajstić information content (AvgIpc) is 3.18. The number of amidine groups is 1. The average molecular weight is 461 g/mol. The number of halogens is 2. The minimum Gasteiger partial charge on any atom is -0.386 e. The molecule has 1 saturated heterocycles. The lowest BCUT2D eigenvalue weighted by Gasteiger charge is -2.56. The molecule has 2 aromatic rings. The van der Waals surface area contributed by atoms with Crippen LogP contribution in [0.2, 0.25) is 0 Å². The van der Waals surface area contributed by atoms with Crippen molar-refractivity contribution in [3.05, 3.63) is 64.7 Å². The zero-order valence-electron chi connectivity index (χ0n) is 17.4. The molecule has 1 fully saturated rings. The van der Waals surface area contributed by atoms with E-state index in [4.69, 9.17) is 15.7 Å². The highest BCUT2D eigenvalue weighted by molar-refractivity contribution is 8.26. The van der Waals surface area contributed by atoms with Crippen LogP contribution in [0.4, 0.5) is 8.78 Å². The van der Waals surface area contributed by atoms with E-state index in [1.807, 2.05) is 6.07 Å². The Morgan fingerprint density at radius 1 is 1.34 bits per heavy atom. The highest BCUT2D eigenvalue weighted by Gasteiger charge is 2.61. The summed E-state index contributed by atoms with van der Waals surface area (Å²) in [5.41, 5.74) is 5.36. The van der Waals surface area contributed by atoms with Crippen molar-refractivity contribution in [3.63, 3.8) is 0 Å². The van der Waals surface area contributed by atoms with Gasteiger partial charge in [0, 0.05) is 11.8 Å². The molecule has 1 aromatic carbocycles. The summed E-state index contributed by atoms with van der Waals surface area (Å²) in [5.74, 6) is -1.38. The number of pyridine rings is 1. The van der Waals surface area contributed by atoms with Crippen molar-refractivity contribution in [3.8, 4) is 6.07 Å². The molecular weight excluding hydrogens is 438 g/mol. The topological polar surface area (TPSA) is 125 Å². The molecular formula is C22H22F2N4O3S. The Labute approximate surface area is 185 Å². The Bertz CT molecular complexity index is 1170. The molecule has 4 rings (SSSR count). The van der Waals surface area contributed by atoms with Gasteiger partial charge < -0.3 is 10.5 Å². The Kier molecular flexibility index (Phi) is 5.33. The smallest absolute Gasteiger partial charge is 0.149 e. The highest BCUT2D eigenvalue weighted by Crippen LogP contribution is 2.65. The van der Waals surface area contributed by atoms with Gasteiger partial charge in [0.15, 0.2) is 0 Å². The summed E-state index contributed by atoms with van der Waals surface area (Å²) in [5, 5.41) is 7.94. The summed E-state index contributed by atoms with van der Waals surface area (Å²) in [6, 6.07) is 8.78. The number of ether oxygens (including phenoxy) is 1. The summed E-state index contributed by atoms with van der Waals surface area (Å²) < 4.78 is 56.2. The van der Waals surface area contributed by atoms with Crippen LogP contribution in [0.5, 0.6) is 0 Å². The Morgan fingerprint density at radius 3 is 2.72 bits per heavy atom. The SMILES string of the molecule is CC1(C)C(N)=N[C@@]2(c3ccc(/C=C(\F)c4ccc(C#N)cn4)cc3F)COC[C@H]2S1(O)O. The molecule has 0 radical (unpaired) electrons. The number of hydrogen-bond acceptors (Lipinski definition) is 7. The first kappa shape index (κ1) is 22.4. The number of aromatic nitrogens is 1. The van der Waals surface area contributed by atoms with Crippen molar-refractivity contribution >= 4 is 28.3 Å². The van der Waals surface area contributed by atoms with E-state index in [0.717, 1.165) is 12.1 Å². The number of benzene rings is 1. The van der Waals surface area contributed by atoms with Crippen molar-refractivity contribution in [2.75, 3.05) is 13.2 Å². The van der Waals surface area contributed by atoms with E-state index in [-0.39, 0.29) is 35.9 Å². The van der Waals surface area contributed by atoms with Gasteiger partial charge in [-0.2, -0.15) is 15.9 Å². The molecule has 7 nitrogen and oxygen atoms in total. The molecule has 168 valence electrons. The third kappa shape index (κ3) is 3.29. The van der Waals surface area contributed by atoms with Crippen LogP contribution in [0.15, 0.2) is 41.5 Å². The van der Waals surface area contributed by atoms with Crippen LogP contribution < -0.4 is 5.73 Å². The number of nitrogens with zero attached hydrogens (tertiary/aromatic N) is 3. The van der Waals surface area contributed by atoms with Crippen LogP contribution in [0.3, 0.4) is 0 Å². The Morgan fingerprint density at radius 2 is 2.09 bits per heavy atom. The number of nitriles is 1. The van der Waals surface area contributed by atoms with Crippen LogP contribution in [0.25, 0.3) is 11.9 Å². The third-order valence-corrected chi connectivity index (χ3v) is 9.13. The monoisotopic (exact) mass is 460 g/mol. The van der Waals surface area contributed by atoms with Gasteiger partial charge in [0.1, 0.15) is 39.1 Å². The second-order valence-electron chi connectivity index (χ2n) is 8.30. The molecule has 0 saturated carbocycles.